The number of ether oxygens (including phenoxy) is 2. The van der Waals surface area contributed by atoms with Crippen molar-refractivity contribution in [3.63, 3.8) is 0 Å². The first kappa shape index (κ1) is 25.1. The van der Waals surface area contributed by atoms with Crippen molar-refractivity contribution in [1.82, 2.24) is 0 Å². The first-order chi connectivity index (χ1) is 15.5. The number of halogens is 2. The molecule has 176 valence electrons. The molecular weight excluding hydrogens is 535 g/mol. The van der Waals surface area contributed by atoms with Gasteiger partial charge in [-0.1, -0.05) is 29.3 Å². The van der Waals surface area contributed by atoms with E-state index in [4.69, 9.17) is 27.9 Å². The maximum Gasteiger partial charge on any atom is 0.337 e. The van der Waals surface area contributed by atoms with Crippen LogP contribution >= 0.6 is 34.5 Å². The molecule has 14 heteroatoms. The average molecular weight is 551 g/mol. The van der Waals surface area contributed by atoms with Crippen molar-refractivity contribution in [3.05, 3.63) is 63.5 Å². The van der Waals surface area contributed by atoms with Crippen molar-refractivity contribution in [2.75, 3.05) is 23.7 Å². The van der Waals surface area contributed by atoms with Gasteiger partial charge in [-0.2, -0.15) is 0 Å². The first-order valence-corrected chi connectivity index (χ1v) is 13.4. The lowest BCUT2D eigenvalue weighted by atomic mass is 10.2. The Morgan fingerprint density at radius 3 is 2.03 bits per heavy atom. The minimum atomic E-state index is -4.40. The summed E-state index contributed by atoms with van der Waals surface area (Å²) >= 11 is 13.1. The van der Waals surface area contributed by atoms with E-state index >= 15 is 0 Å². The molecule has 0 aliphatic rings. The quantitative estimate of drug-likeness (QED) is 0.396. The van der Waals surface area contributed by atoms with Crippen LogP contribution in [-0.4, -0.2) is 37.0 Å². The summed E-state index contributed by atoms with van der Waals surface area (Å²) in [5.41, 5.74) is -0.397. The Bertz CT molecular complexity index is 1410. The Kier molecular flexibility index (Phi) is 7.44. The molecule has 3 aromatic rings. The predicted octanol–water partition coefficient (Wildman–Crippen LogP) is 4.45. The van der Waals surface area contributed by atoms with Gasteiger partial charge in [-0.3, -0.25) is 9.44 Å². The molecule has 9 nitrogen and oxygen atoms in total. The molecule has 0 fully saturated rings. The second-order valence-corrected chi connectivity index (χ2v) is 11.6. The van der Waals surface area contributed by atoms with Gasteiger partial charge < -0.3 is 9.47 Å². The lowest BCUT2D eigenvalue weighted by Gasteiger charge is -2.17. The SMILES string of the molecule is COC(=O)c1ccc(OC)c(S(=O)(=O)Nc2cc(Cl)c(Cl)cc2NS(=O)(=O)c2cccs2)c1. The largest absolute Gasteiger partial charge is 0.495 e. The molecule has 0 unspecified atom stereocenters. The predicted molar refractivity (Wildman–Crippen MR) is 127 cm³/mol. The van der Waals surface area contributed by atoms with Gasteiger partial charge in [-0.25, -0.2) is 21.6 Å². The van der Waals surface area contributed by atoms with Crippen LogP contribution < -0.4 is 14.2 Å². The highest BCUT2D eigenvalue weighted by molar-refractivity contribution is 7.94. The van der Waals surface area contributed by atoms with Crippen LogP contribution in [0.4, 0.5) is 11.4 Å². The summed E-state index contributed by atoms with van der Waals surface area (Å²) in [6.07, 6.45) is 0. The van der Waals surface area contributed by atoms with E-state index in [0.717, 1.165) is 30.6 Å². The molecule has 2 aromatic carbocycles. The number of thiophene rings is 1. The van der Waals surface area contributed by atoms with Crippen LogP contribution in [0.1, 0.15) is 10.4 Å². The summed E-state index contributed by atoms with van der Waals surface area (Å²) in [5, 5.41) is 1.55. The van der Waals surface area contributed by atoms with Gasteiger partial charge in [0.2, 0.25) is 0 Å². The average Bonchev–Trinajstić information content (AvgIpc) is 3.32. The third kappa shape index (κ3) is 5.53. The summed E-state index contributed by atoms with van der Waals surface area (Å²) in [5.74, 6) is -0.816. The van der Waals surface area contributed by atoms with Crippen LogP contribution in [0.5, 0.6) is 5.75 Å². The summed E-state index contributed by atoms with van der Waals surface area (Å²) in [6.45, 7) is 0. The molecule has 1 aromatic heterocycles. The summed E-state index contributed by atoms with van der Waals surface area (Å²) < 4.78 is 66.1. The van der Waals surface area contributed by atoms with Crippen LogP contribution in [0, 0.1) is 0 Å². The van der Waals surface area contributed by atoms with E-state index in [1.54, 1.807) is 11.4 Å². The lowest BCUT2D eigenvalue weighted by molar-refractivity contribution is 0.0600. The molecule has 0 radical (unpaired) electrons. The van der Waals surface area contributed by atoms with Crippen molar-refractivity contribution in [1.29, 1.82) is 0 Å². The van der Waals surface area contributed by atoms with Gasteiger partial charge >= 0.3 is 5.97 Å². The molecule has 33 heavy (non-hydrogen) atoms. The standard InChI is InChI=1S/C19H16Cl2N2O7S3/c1-29-16-6-5-11(19(24)30-2)8-17(16)32(25,26)22-14-9-12(20)13(21)10-15(14)23-33(27,28)18-4-3-7-31-18/h3-10,22-23H,1-2H3. The number of anilines is 2. The molecule has 0 saturated heterocycles. The van der Waals surface area contributed by atoms with E-state index in [-0.39, 0.29) is 41.8 Å². The molecule has 2 N–H and O–H groups in total. The number of methoxy groups -OCH3 is 2. The van der Waals surface area contributed by atoms with E-state index < -0.39 is 26.0 Å². The lowest BCUT2D eigenvalue weighted by Crippen LogP contribution is -2.18. The minimum absolute atomic E-state index is 0.00577. The van der Waals surface area contributed by atoms with Gasteiger partial charge in [-0.05, 0) is 41.8 Å². The topological polar surface area (TPSA) is 128 Å². The highest BCUT2D eigenvalue weighted by Gasteiger charge is 2.25. The monoisotopic (exact) mass is 550 g/mol. The van der Waals surface area contributed by atoms with Gasteiger partial charge in [0.1, 0.15) is 14.9 Å². The number of carbonyl (C=O) groups is 1. The molecule has 3 rings (SSSR count). The van der Waals surface area contributed by atoms with E-state index in [1.165, 1.54) is 31.4 Å². The summed E-state index contributed by atoms with van der Waals surface area (Å²) in [6, 6.07) is 8.97. The number of nitrogens with one attached hydrogen (secondary N) is 2. The van der Waals surface area contributed by atoms with Crippen molar-refractivity contribution in [3.8, 4) is 5.75 Å². The Morgan fingerprint density at radius 1 is 0.909 bits per heavy atom. The van der Waals surface area contributed by atoms with Gasteiger partial charge in [-0.15, -0.1) is 11.3 Å². The zero-order valence-electron chi connectivity index (χ0n) is 17.0. The normalized spacial score (nSPS) is 11.6. The third-order valence-corrected chi connectivity index (χ3v) is 9.06. The minimum Gasteiger partial charge on any atom is -0.495 e. The summed E-state index contributed by atoms with van der Waals surface area (Å²) in [4.78, 5) is 11.5. The van der Waals surface area contributed by atoms with E-state index in [0.29, 0.717) is 0 Å². The van der Waals surface area contributed by atoms with Gasteiger partial charge in [0, 0.05) is 0 Å². The van der Waals surface area contributed by atoms with E-state index in [2.05, 4.69) is 14.2 Å². The number of rotatable bonds is 8. The zero-order valence-corrected chi connectivity index (χ0v) is 20.9. The second-order valence-electron chi connectivity index (χ2n) is 6.31. The van der Waals surface area contributed by atoms with Gasteiger partial charge in [0.25, 0.3) is 20.0 Å². The number of benzene rings is 2. The third-order valence-electron chi connectivity index (χ3n) is 4.18. The Balaban J connectivity index is 2.08. The molecule has 0 aliphatic carbocycles. The van der Waals surface area contributed by atoms with Crippen LogP contribution in [0.15, 0.2) is 56.9 Å². The number of hydrogen-bond acceptors (Lipinski definition) is 8. The smallest absolute Gasteiger partial charge is 0.337 e. The second kappa shape index (κ2) is 9.77. The fraction of sp³-hybridized carbons (Fsp3) is 0.105. The maximum atomic E-state index is 13.2. The molecule has 1 heterocycles. The van der Waals surface area contributed by atoms with Crippen molar-refractivity contribution in [2.45, 2.75) is 9.10 Å². The van der Waals surface area contributed by atoms with Crippen LogP contribution in [-0.2, 0) is 24.8 Å². The van der Waals surface area contributed by atoms with Crippen LogP contribution in [0.2, 0.25) is 10.0 Å². The number of esters is 1. The fourth-order valence-electron chi connectivity index (χ4n) is 2.66. The molecule has 0 aliphatic heterocycles. The van der Waals surface area contributed by atoms with Gasteiger partial charge in [0.05, 0.1) is 41.2 Å². The molecule has 0 amide bonds. The Morgan fingerprint density at radius 2 is 1.52 bits per heavy atom. The molecule has 0 atom stereocenters. The zero-order chi connectivity index (χ0) is 24.4. The molecule has 0 spiro atoms. The fourth-order valence-corrected chi connectivity index (χ4v) is 6.32. The van der Waals surface area contributed by atoms with Crippen molar-refractivity contribution >= 4 is 71.9 Å². The Labute approximate surface area is 204 Å². The van der Waals surface area contributed by atoms with Gasteiger partial charge in [0.15, 0.2) is 0 Å². The molecular formula is C19H16Cl2N2O7S3. The van der Waals surface area contributed by atoms with Crippen LogP contribution in [0.3, 0.4) is 0 Å². The number of sulfonamides is 2. The Hall–Kier alpha value is -2.51. The first-order valence-electron chi connectivity index (χ1n) is 8.83. The highest BCUT2D eigenvalue weighted by atomic mass is 35.5. The number of hydrogen-bond donors (Lipinski definition) is 2. The van der Waals surface area contributed by atoms with E-state index in [9.17, 15) is 21.6 Å². The number of carbonyl (C=O) groups excluding carboxylic acids is 1. The molecule has 0 bridgehead atoms. The molecule has 0 saturated carbocycles. The summed E-state index contributed by atoms with van der Waals surface area (Å²) in [7, 11) is -6.02. The highest BCUT2D eigenvalue weighted by Crippen LogP contribution is 2.36. The van der Waals surface area contributed by atoms with Crippen molar-refractivity contribution in [2.24, 2.45) is 0 Å². The van der Waals surface area contributed by atoms with E-state index in [1.807, 2.05) is 0 Å². The van der Waals surface area contributed by atoms with Crippen LogP contribution in [0.25, 0.3) is 0 Å². The van der Waals surface area contributed by atoms with Crippen molar-refractivity contribution < 1.29 is 31.1 Å². The maximum absolute atomic E-state index is 13.2.